The Morgan fingerprint density at radius 1 is 0.971 bits per heavy atom. The van der Waals surface area contributed by atoms with Crippen LogP contribution in [0, 0.1) is 0 Å². The third-order valence-electron chi connectivity index (χ3n) is 5.85. The van der Waals surface area contributed by atoms with Crippen molar-refractivity contribution in [3.8, 4) is 17.0 Å². The Balaban J connectivity index is 1.23. The van der Waals surface area contributed by atoms with Gasteiger partial charge in [0.25, 0.3) is 5.91 Å². The maximum absolute atomic E-state index is 12.9. The zero-order chi connectivity index (χ0) is 23.5. The van der Waals surface area contributed by atoms with Crippen molar-refractivity contribution in [1.82, 2.24) is 15.1 Å². The lowest BCUT2D eigenvalue weighted by Crippen LogP contribution is -2.49. The predicted molar refractivity (Wildman–Crippen MR) is 129 cm³/mol. The van der Waals surface area contributed by atoms with Crippen LogP contribution in [-0.2, 0) is 0 Å². The molecule has 8 nitrogen and oxygen atoms in total. The summed E-state index contributed by atoms with van der Waals surface area (Å²) < 4.78 is 11.2. The summed E-state index contributed by atoms with van der Waals surface area (Å²) in [5.74, 6) is 1.38. The fourth-order valence-electron chi connectivity index (χ4n) is 4.04. The van der Waals surface area contributed by atoms with E-state index in [1.165, 1.54) is 6.07 Å². The van der Waals surface area contributed by atoms with Gasteiger partial charge in [0.1, 0.15) is 11.3 Å². The van der Waals surface area contributed by atoms with Gasteiger partial charge in [-0.25, -0.2) is 0 Å². The highest BCUT2D eigenvalue weighted by Crippen LogP contribution is 2.22. The molecule has 0 radical (unpaired) electrons. The van der Waals surface area contributed by atoms with Gasteiger partial charge >= 0.3 is 0 Å². The van der Waals surface area contributed by atoms with Crippen LogP contribution in [0.1, 0.15) is 17.5 Å². The van der Waals surface area contributed by atoms with Gasteiger partial charge in [-0.3, -0.25) is 9.59 Å². The summed E-state index contributed by atoms with van der Waals surface area (Å²) in [6, 6.07) is 19.9. The smallest absolute Gasteiger partial charge is 0.289 e. The van der Waals surface area contributed by atoms with E-state index >= 15 is 0 Å². The van der Waals surface area contributed by atoms with E-state index in [2.05, 4.69) is 15.1 Å². The second-order valence-electron chi connectivity index (χ2n) is 7.98. The van der Waals surface area contributed by atoms with Crippen molar-refractivity contribution in [3.05, 3.63) is 82.7 Å². The fourth-order valence-corrected chi connectivity index (χ4v) is 4.04. The number of para-hydroxylation sites is 1. The molecule has 2 aromatic heterocycles. The van der Waals surface area contributed by atoms with Crippen molar-refractivity contribution in [2.75, 3.05) is 37.7 Å². The third kappa shape index (κ3) is 4.34. The van der Waals surface area contributed by atoms with Crippen LogP contribution in [0.3, 0.4) is 0 Å². The predicted octanol–water partition coefficient (Wildman–Crippen LogP) is 3.61. The minimum absolute atomic E-state index is 0.0663. The van der Waals surface area contributed by atoms with E-state index in [1.54, 1.807) is 29.2 Å². The Morgan fingerprint density at radius 2 is 1.74 bits per heavy atom. The van der Waals surface area contributed by atoms with Crippen LogP contribution < -0.4 is 15.1 Å². The van der Waals surface area contributed by atoms with Crippen molar-refractivity contribution in [2.45, 2.75) is 6.92 Å². The zero-order valence-corrected chi connectivity index (χ0v) is 18.8. The number of fused-ring (bicyclic) bond motifs is 1. The molecule has 0 N–H and O–H groups in total. The summed E-state index contributed by atoms with van der Waals surface area (Å²) in [5, 5.41) is 9.24. The number of rotatable bonds is 5. The van der Waals surface area contributed by atoms with E-state index in [4.69, 9.17) is 9.15 Å². The van der Waals surface area contributed by atoms with Crippen LogP contribution in [0.15, 0.2) is 75.9 Å². The number of aromatic nitrogens is 2. The molecule has 0 aliphatic carbocycles. The van der Waals surface area contributed by atoms with E-state index < -0.39 is 0 Å². The molecule has 1 aliphatic heterocycles. The van der Waals surface area contributed by atoms with Gasteiger partial charge < -0.3 is 19.0 Å². The molecule has 4 aromatic rings. The van der Waals surface area contributed by atoms with Gasteiger partial charge in [-0.05, 0) is 55.5 Å². The van der Waals surface area contributed by atoms with Crippen LogP contribution >= 0.6 is 0 Å². The quantitative estimate of drug-likeness (QED) is 0.453. The molecule has 1 fully saturated rings. The van der Waals surface area contributed by atoms with Gasteiger partial charge in [-0.2, -0.15) is 0 Å². The summed E-state index contributed by atoms with van der Waals surface area (Å²) in [4.78, 5) is 29.1. The van der Waals surface area contributed by atoms with E-state index in [-0.39, 0.29) is 17.1 Å². The molecule has 0 atom stereocenters. The molecule has 1 amide bonds. The zero-order valence-electron chi connectivity index (χ0n) is 18.8. The van der Waals surface area contributed by atoms with Crippen molar-refractivity contribution in [2.24, 2.45) is 0 Å². The Hall–Kier alpha value is -4.20. The number of amides is 1. The summed E-state index contributed by atoms with van der Waals surface area (Å²) in [5.41, 5.74) is 1.95. The monoisotopic (exact) mass is 456 g/mol. The van der Waals surface area contributed by atoms with Gasteiger partial charge in [-0.1, -0.05) is 12.1 Å². The minimum Gasteiger partial charge on any atom is -0.494 e. The van der Waals surface area contributed by atoms with Gasteiger partial charge in [0.05, 0.1) is 17.7 Å². The highest BCUT2D eigenvalue weighted by Gasteiger charge is 2.25. The molecule has 5 rings (SSSR count). The van der Waals surface area contributed by atoms with Gasteiger partial charge in [-0.15, -0.1) is 10.2 Å². The number of hydrogen-bond acceptors (Lipinski definition) is 7. The van der Waals surface area contributed by atoms with Crippen LogP contribution in [0.25, 0.3) is 22.2 Å². The average molecular weight is 457 g/mol. The molecule has 34 heavy (non-hydrogen) atoms. The lowest BCUT2D eigenvalue weighted by molar-refractivity contribution is 0.0715. The molecule has 3 heterocycles. The van der Waals surface area contributed by atoms with Crippen LogP contribution in [0.2, 0.25) is 0 Å². The molecule has 0 bridgehead atoms. The normalized spacial score (nSPS) is 13.8. The summed E-state index contributed by atoms with van der Waals surface area (Å²) in [6.45, 7) is 4.80. The van der Waals surface area contributed by atoms with E-state index in [9.17, 15) is 9.59 Å². The first-order chi connectivity index (χ1) is 16.6. The number of hydrogen-bond donors (Lipinski definition) is 0. The van der Waals surface area contributed by atoms with Crippen molar-refractivity contribution in [3.63, 3.8) is 0 Å². The highest BCUT2D eigenvalue weighted by molar-refractivity contribution is 5.93. The lowest BCUT2D eigenvalue weighted by Gasteiger charge is -2.34. The Morgan fingerprint density at radius 3 is 2.44 bits per heavy atom. The Labute approximate surface area is 196 Å². The topological polar surface area (TPSA) is 88.8 Å². The van der Waals surface area contributed by atoms with E-state index in [0.29, 0.717) is 43.8 Å². The van der Waals surface area contributed by atoms with Crippen molar-refractivity contribution in [1.29, 1.82) is 0 Å². The van der Waals surface area contributed by atoms with Crippen molar-refractivity contribution < 1.29 is 13.9 Å². The second kappa shape index (κ2) is 9.35. The summed E-state index contributed by atoms with van der Waals surface area (Å²) in [6.07, 6.45) is 0. The molecule has 172 valence electrons. The number of piperazine rings is 1. The molecule has 0 unspecified atom stereocenters. The van der Waals surface area contributed by atoms with Crippen LogP contribution in [-0.4, -0.2) is 53.8 Å². The SMILES string of the molecule is CCOc1ccc(-c2ccc(N3CCN(C(=O)c4cc(=O)c5ccccc5o4)CC3)nn2)cc1. The molecular formula is C26H24N4O4. The van der Waals surface area contributed by atoms with Gasteiger partial charge in [0.2, 0.25) is 0 Å². The first-order valence-corrected chi connectivity index (χ1v) is 11.3. The largest absolute Gasteiger partial charge is 0.494 e. The number of ether oxygens (including phenoxy) is 1. The summed E-state index contributed by atoms with van der Waals surface area (Å²) in [7, 11) is 0. The first kappa shape index (κ1) is 21.6. The van der Waals surface area contributed by atoms with E-state index in [1.807, 2.05) is 43.3 Å². The maximum atomic E-state index is 12.9. The van der Waals surface area contributed by atoms with Crippen molar-refractivity contribution >= 4 is 22.7 Å². The number of carbonyl (C=O) groups excluding carboxylic acids is 1. The third-order valence-corrected chi connectivity index (χ3v) is 5.85. The van der Waals surface area contributed by atoms with E-state index in [0.717, 1.165) is 22.8 Å². The number of nitrogens with zero attached hydrogens (tertiary/aromatic N) is 4. The molecular weight excluding hydrogens is 432 g/mol. The minimum atomic E-state index is -0.278. The van der Waals surface area contributed by atoms with Crippen LogP contribution in [0.5, 0.6) is 5.75 Å². The lowest BCUT2D eigenvalue weighted by atomic mass is 10.1. The van der Waals surface area contributed by atoms with Gasteiger partial charge in [0, 0.05) is 37.8 Å². The van der Waals surface area contributed by atoms with Crippen LogP contribution in [0.4, 0.5) is 5.82 Å². The number of benzene rings is 2. The molecule has 0 spiro atoms. The second-order valence-corrected chi connectivity index (χ2v) is 7.98. The molecule has 1 saturated heterocycles. The number of anilines is 1. The maximum Gasteiger partial charge on any atom is 0.289 e. The molecule has 2 aromatic carbocycles. The molecule has 8 heteroatoms. The Bertz CT molecular complexity index is 1360. The average Bonchev–Trinajstić information content (AvgIpc) is 2.89. The standard InChI is InChI=1S/C26H24N4O4/c1-2-33-19-9-7-18(8-10-19)21-11-12-25(28-27-21)29-13-15-30(16-14-29)26(32)24-17-22(31)20-5-3-4-6-23(20)34-24/h3-12,17H,2,13-16H2,1H3. The Kier molecular flexibility index (Phi) is 5.95. The summed E-state index contributed by atoms with van der Waals surface area (Å²) >= 11 is 0. The molecule has 0 saturated carbocycles. The first-order valence-electron chi connectivity index (χ1n) is 11.3. The fraction of sp³-hybridized carbons (Fsp3) is 0.231. The van der Waals surface area contributed by atoms with Gasteiger partial charge in [0.15, 0.2) is 17.0 Å². The molecule has 1 aliphatic rings. The highest BCUT2D eigenvalue weighted by atomic mass is 16.5. The number of carbonyl (C=O) groups is 1.